The zero-order chi connectivity index (χ0) is 18.7. The van der Waals surface area contributed by atoms with Crippen LogP contribution >= 0.6 is 39.7 Å². The highest BCUT2D eigenvalue weighted by atomic mass is 79.9. The Morgan fingerprint density at radius 3 is 2.46 bits per heavy atom. The van der Waals surface area contributed by atoms with E-state index in [1.165, 1.54) is 7.11 Å². The Kier molecular flexibility index (Phi) is 5.76. The first-order valence-electron chi connectivity index (χ1n) is 7.62. The molecule has 26 heavy (non-hydrogen) atoms. The Morgan fingerprint density at radius 1 is 1.12 bits per heavy atom. The van der Waals surface area contributed by atoms with Gasteiger partial charge in [-0.2, -0.15) is 0 Å². The summed E-state index contributed by atoms with van der Waals surface area (Å²) in [6, 6.07) is 16.7. The van der Waals surface area contributed by atoms with E-state index < -0.39 is 0 Å². The van der Waals surface area contributed by atoms with Gasteiger partial charge in [-0.3, -0.25) is 10.1 Å². The van der Waals surface area contributed by atoms with E-state index in [1.807, 2.05) is 36.4 Å². The van der Waals surface area contributed by atoms with Crippen LogP contribution in [0.4, 0.5) is 5.69 Å². The number of amides is 1. The van der Waals surface area contributed by atoms with Crippen LogP contribution in [0.25, 0.3) is 10.8 Å². The fourth-order valence-electron chi connectivity index (χ4n) is 2.48. The lowest BCUT2D eigenvalue weighted by Gasteiger charge is -2.13. The predicted molar refractivity (Wildman–Crippen MR) is 113 cm³/mol. The van der Waals surface area contributed by atoms with Gasteiger partial charge in [0.1, 0.15) is 5.75 Å². The van der Waals surface area contributed by atoms with Crippen LogP contribution in [0.1, 0.15) is 10.4 Å². The maximum absolute atomic E-state index is 12.6. The number of carbonyl (C=O) groups excluding carboxylic acids is 1. The molecule has 0 unspecified atom stereocenters. The first kappa shape index (κ1) is 18.6. The summed E-state index contributed by atoms with van der Waals surface area (Å²) in [7, 11) is 1.53. The van der Waals surface area contributed by atoms with Crippen LogP contribution in [0.5, 0.6) is 5.75 Å². The van der Waals surface area contributed by atoms with Crippen LogP contribution in [0.3, 0.4) is 0 Å². The van der Waals surface area contributed by atoms with Crippen molar-refractivity contribution in [2.45, 2.75) is 0 Å². The number of carbonyl (C=O) groups is 1. The van der Waals surface area contributed by atoms with Gasteiger partial charge in [-0.05, 0) is 53.3 Å². The molecule has 0 aliphatic rings. The zero-order valence-corrected chi connectivity index (χ0v) is 16.8. The van der Waals surface area contributed by atoms with Crippen molar-refractivity contribution in [3.8, 4) is 5.75 Å². The van der Waals surface area contributed by atoms with Gasteiger partial charge in [0.25, 0.3) is 5.91 Å². The number of anilines is 1. The van der Waals surface area contributed by atoms with E-state index in [0.717, 1.165) is 15.2 Å². The number of hydrogen-bond acceptors (Lipinski definition) is 3. The van der Waals surface area contributed by atoms with Gasteiger partial charge in [0.05, 0.1) is 23.4 Å². The summed E-state index contributed by atoms with van der Waals surface area (Å²) >= 11 is 14.7. The van der Waals surface area contributed by atoms with Crippen LogP contribution in [-0.4, -0.2) is 18.1 Å². The molecule has 2 N–H and O–H groups in total. The molecule has 0 atom stereocenters. The van der Waals surface area contributed by atoms with Crippen LogP contribution < -0.4 is 15.4 Å². The van der Waals surface area contributed by atoms with E-state index in [1.54, 1.807) is 18.2 Å². The number of rotatable bonds is 3. The molecule has 3 aromatic rings. The molecule has 1 amide bonds. The molecule has 0 radical (unpaired) electrons. The SMILES string of the molecule is COc1cc2ccccc2cc1C(=O)NC(=S)Nc1ccc(Br)cc1Cl. The Morgan fingerprint density at radius 2 is 1.81 bits per heavy atom. The highest BCUT2D eigenvalue weighted by Crippen LogP contribution is 2.27. The highest BCUT2D eigenvalue weighted by molar-refractivity contribution is 9.10. The lowest BCUT2D eigenvalue weighted by molar-refractivity contribution is 0.0975. The fraction of sp³-hybridized carbons (Fsp3) is 0.0526. The van der Waals surface area contributed by atoms with E-state index in [0.29, 0.717) is 22.0 Å². The summed E-state index contributed by atoms with van der Waals surface area (Å²) in [5.41, 5.74) is 1.00. The summed E-state index contributed by atoms with van der Waals surface area (Å²) in [5, 5.41) is 8.14. The lowest BCUT2D eigenvalue weighted by atomic mass is 10.1. The van der Waals surface area contributed by atoms with Crippen molar-refractivity contribution in [2.75, 3.05) is 12.4 Å². The molecule has 132 valence electrons. The van der Waals surface area contributed by atoms with Gasteiger partial charge in [-0.1, -0.05) is 51.8 Å². The van der Waals surface area contributed by atoms with Crippen LogP contribution in [-0.2, 0) is 0 Å². The van der Waals surface area contributed by atoms with E-state index in [2.05, 4.69) is 26.6 Å². The molecule has 4 nitrogen and oxygen atoms in total. The molecule has 3 rings (SSSR count). The maximum Gasteiger partial charge on any atom is 0.261 e. The largest absolute Gasteiger partial charge is 0.496 e. The van der Waals surface area contributed by atoms with Gasteiger partial charge >= 0.3 is 0 Å². The first-order valence-corrected chi connectivity index (χ1v) is 9.20. The van der Waals surface area contributed by atoms with Gasteiger partial charge in [0.2, 0.25) is 0 Å². The molecule has 0 aliphatic heterocycles. The monoisotopic (exact) mass is 448 g/mol. The van der Waals surface area contributed by atoms with E-state index in [4.69, 9.17) is 28.6 Å². The molecule has 0 aliphatic carbocycles. The van der Waals surface area contributed by atoms with Gasteiger partial charge < -0.3 is 10.1 Å². The van der Waals surface area contributed by atoms with Crippen molar-refractivity contribution in [3.05, 3.63) is 69.7 Å². The van der Waals surface area contributed by atoms with Gasteiger partial charge in [0.15, 0.2) is 5.11 Å². The maximum atomic E-state index is 12.6. The van der Waals surface area contributed by atoms with Crippen LogP contribution in [0.15, 0.2) is 59.1 Å². The Hall–Kier alpha value is -2.15. The fourth-order valence-corrected chi connectivity index (χ4v) is 3.40. The average molecular weight is 450 g/mol. The molecule has 0 fully saturated rings. The molecule has 0 saturated heterocycles. The third-order valence-corrected chi connectivity index (χ3v) is 4.73. The zero-order valence-electron chi connectivity index (χ0n) is 13.7. The van der Waals surface area contributed by atoms with Crippen molar-refractivity contribution in [1.82, 2.24) is 5.32 Å². The number of hydrogen-bond donors (Lipinski definition) is 2. The van der Waals surface area contributed by atoms with Crippen molar-refractivity contribution < 1.29 is 9.53 Å². The topological polar surface area (TPSA) is 50.4 Å². The first-order chi connectivity index (χ1) is 12.5. The number of nitrogens with one attached hydrogen (secondary N) is 2. The van der Waals surface area contributed by atoms with Crippen LogP contribution in [0.2, 0.25) is 5.02 Å². The number of benzene rings is 3. The van der Waals surface area contributed by atoms with Gasteiger partial charge in [0, 0.05) is 4.47 Å². The minimum atomic E-state index is -0.363. The molecular formula is C19H14BrClN2O2S. The summed E-state index contributed by atoms with van der Waals surface area (Å²) in [6.45, 7) is 0. The molecule has 0 aromatic heterocycles. The second-order valence-electron chi connectivity index (χ2n) is 5.43. The van der Waals surface area contributed by atoms with Crippen LogP contribution in [0, 0.1) is 0 Å². The highest BCUT2D eigenvalue weighted by Gasteiger charge is 2.15. The molecule has 3 aromatic carbocycles. The second kappa shape index (κ2) is 8.03. The van der Waals surface area contributed by atoms with E-state index in [9.17, 15) is 4.79 Å². The van der Waals surface area contributed by atoms with E-state index in [-0.39, 0.29) is 11.0 Å². The Bertz CT molecular complexity index is 1010. The number of halogens is 2. The smallest absolute Gasteiger partial charge is 0.261 e. The van der Waals surface area contributed by atoms with Gasteiger partial charge in [-0.15, -0.1) is 0 Å². The summed E-state index contributed by atoms with van der Waals surface area (Å²) in [5.74, 6) is 0.115. The normalized spacial score (nSPS) is 10.4. The number of thiocarbonyl (C=S) groups is 1. The molecular weight excluding hydrogens is 436 g/mol. The second-order valence-corrected chi connectivity index (χ2v) is 7.16. The minimum absolute atomic E-state index is 0.148. The van der Waals surface area contributed by atoms with E-state index >= 15 is 0 Å². The average Bonchev–Trinajstić information content (AvgIpc) is 2.62. The quantitative estimate of drug-likeness (QED) is 0.526. The third kappa shape index (κ3) is 4.15. The Labute approximate surface area is 169 Å². The van der Waals surface area contributed by atoms with Crippen molar-refractivity contribution in [1.29, 1.82) is 0 Å². The molecule has 0 bridgehead atoms. The number of methoxy groups -OCH3 is 1. The van der Waals surface area contributed by atoms with Crippen molar-refractivity contribution in [3.63, 3.8) is 0 Å². The minimum Gasteiger partial charge on any atom is -0.496 e. The standard InChI is InChI=1S/C19H14BrClN2O2S/c1-25-17-9-12-5-3-2-4-11(12)8-14(17)18(24)23-19(26)22-16-7-6-13(20)10-15(16)21/h2-10H,1H3,(H2,22,23,24,26). The van der Waals surface area contributed by atoms with Crippen molar-refractivity contribution >= 4 is 67.2 Å². The predicted octanol–water partition coefficient (Wildman–Crippen LogP) is 5.39. The number of fused-ring (bicyclic) bond motifs is 1. The van der Waals surface area contributed by atoms with Gasteiger partial charge in [-0.25, -0.2) is 0 Å². The summed E-state index contributed by atoms with van der Waals surface area (Å²) in [6.07, 6.45) is 0. The Balaban J connectivity index is 1.80. The summed E-state index contributed by atoms with van der Waals surface area (Å²) < 4.78 is 6.21. The molecule has 0 heterocycles. The lowest BCUT2D eigenvalue weighted by Crippen LogP contribution is -2.34. The molecule has 0 saturated carbocycles. The van der Waals surface area contributed by atoms with Crippen molar-refractivity contribution in [2.24, 2.45) is 0 Å². The third-order valence-electron chi connectivity index (χ3n) is 3.72. The summed E-state index contributed by atoms with van der Waals surface area (Å²) in [4.78, 5) is 12.6. The number of ether oxygens (including phenoxy) is 1. The molecule has 0 spiro atoms. The molecule has 7 heteroatoms.